The number of thiophene rings is 1. The van der Waals surface area contributed by atoms with Crippen molar-refractivity contribution in [3.8, 4) is 0 Å². The first-order chi connectivity index (χ1) is 9.24. The normalized spacial score (nSPS) is 12.5. The maximum atomic E-state index is 4.21. The molecule has 0 saturated heterocycles. The number of rotatable bonds is 3. The summed E-state index contributed by atoms with van der Waals surface area (Å²) in [6.07, 6.45) is 3.74. The number of pyridine rings is 1. The Bertz CT molecular complexity index is 703. The van der Waals surface area contributed by atoms with Crippen LogP contribution < -0.4 is 5.32 Å². The Balaban J connectivity index is 1.93. The lowest BCUT2D eigenvalue weighted by Crippen LogP contribution is -2.05. The van der Waals surface area contributed by atoms with Crippen LogP contribution in [0.4, 0.5) is 5.69 Å². The molecule has 0 amide bonds. The highest BCUT2D eigenvalue weighted by Crippen LogP contribution is 2.31. The molecule has 2 aromatic heterocycles. The maximum Gasteiger partial charge on any atom is 0.0702 e. The minimum absolute atomic E-state index is 0.280. The number of nitrogens with zero attached hydrogens (tertiary/aromatic N) is 1. The minimum Gasteiger partial charge on any atom is -0.377 e. The Morgan fingerprint density at radius 3 is 2.89 bits per heavy atom. The molecular formula is C15H13BrN2S. The number of nitrogens with one attached hydrogen (secondary N) is 1. The molecule has 0 saturated carbocycles. The van der Waals surface area contributed by atoms with Crippen LogP contribution in [0, 0.1) is 0 Å². The van der Waals surface area contributed by atoms with Crippen molar-refractivity contribution >= 4 is 43.7 Å². The van der Waals surface area contributed by atoms with Gasteiger partial charge in [0.25, 0.3) is 0 Å². The molecule has 0 bridgehead atoms. The third kappa shape index (κ3) is 2.65. The molecule has 0 radical (unpaired) electrons. The first-order valence-corrected chi connectivity index (χ1v) is 7.69. The summed E-state index contributed by atoms with van der Waals surface area (Å²) in [7, 11) is 0. The smallest absolute Gasteiger partial charge is 0.0702 e. The van der Waals surface area contributed by atoms with Gasteiger partial charge in [-0.2, -0.15) is 0 Å². The maximum absolute atomic E-state index is 4.21. The van der Waals surface area contributed by atoms with Gasteiger partial charge in [0.2, 0.25) is 0 Å². The van der Waals surface area contributed by atoms with Gasteiger partial charge in [-0.15, -0.1) is 11.3 Å². The molecular weight excluding hydrogens is 320 g/mol. The average molecular weight is 333 g/mol. The molecule has 0 aliphatic rings. The number of halogens is 1. The van der Waals surface area contributed by atoms with Gasteiger partial charge in [-0.25, -0.2) is 0 Å². The molecule has 1 aromatic carbocycles. The van der Waals surface area contributed by atoms with Gasteiger partial charge in [0.15, 0.2) is 0 Å². The summed E-state index contributed by atoms with van der Waals surface area (Å²) < 4.78 is 1.16. The van der Waals surface area contributed by atoms with E-state index in [0.29, 0.717) is 0 Å². The number of benzene rings is 1. The van der Waals surface area contributed by atoms with E-state index >= 15 is 0 Å². The van der Waals surface area contributed by atoms with Crippen molar-refractivity contribution in [3.05, 3.63) is 57.5 Å². The van der Waals surface area contributed by atoms with Crippen molar-refractivity contribution in [2.24, 2.45) is 0 Å². The third-order valence-electron chi connectivity index (χ3n) is 3.08. The fourth-order valence-corrected chi connectivity index (χ4v) is 3.53. The fourth-order valence-electron chi connectivity index (χ4n) is 2.10. The van der Waals surface area contributed by atoms with E-state index in [1.165, 1.54) is 10.3 Å². The molecule has 2 heterocycles. The number of fused-ring (bicyclic) bond motifs is 1. The highest BCUT2D eigenvalue weighted by atomic mass is 79.9. The topological polar surface area (TPSA) is 24.9 Å². The summed E-state index contributed by atoms with van der Waals surface area (Å²) in [4.78, 5) is 5.53. The lowest BCUT2D eigenvalue weighted by Gasteiger charge is -2.15. The van der Waals surface area contributed by atoms with Gasteiger partial charge < -0.3 is 5.32 Å². The quantitative estimate of drug-likeness (QED) is 0.710. The van der Waals surface area contributed by atoms with E-state index in [1.807, 2.05) is 18.5 Å². The average Bonchev–Trinajstić information content (AvgIpc) is 2.86. The Morgan fingerprint density at radius 2 is 2.11 bits per heavy atom. The van der Waals surface area contributed by atoms with Crippen LogP contribution >= 0.6 is 27.3 Å². The van der Waals surface area contributed by atoms with Gasteiger partial charge in [0, 0.05) is 28.3 Å². The van der Waals surface area contributed by atoms with E-state index in [4.69, 9.17) is 0 Å². The van der Waals surface area contributed by atoms with E-state index in [2.05, 4.69) is 63.5 Å². The van der Waals surface area contributed by atoms with Crippen LogP contribution in [0.25, 0.3) is 10.8 Å². The van der Waals surface area contributed by atoms with Crippen molar-refractivity contribution in [2.45, 2.75) is 13.0 Å². The largest absolute Gasteiger partial charge is 0.377 e. The first-order valence-electron chi connectivity index (χ1n) is 6.08. The molecule has 1 N–H and O–H groups in total. The van der Waals surface area contributed by atoms with E-state index in [9.17, 15) is 0 Å². The SMILES string of the molecule is CC(Nc1cccc2ccncc12)c1ccc(Br)s1. The Hall–Kier alpha value is -1.39. The second-order valence-corrected chi connectivity index (χ2v) is 6.90. The van der Waals surface area contributed by atoms with Gasteiger partial charge in [-0.05, 0) is 52.5 Å². The van der Waals surface area contributed by atoms with Gasteiger partial charge in [0.05, 0.1) is 9.83 Å². The second-order valence-electron chi connectivity index (χ2n) is 4.41. The Morgan fingerprint density at radius 1 is 1.21 bits per heavy atom. The molecule has 4 heteroatoms. The van der Waals surface area contributed by atoms with Crippen molar-refractivity contribution < 1.29 is 0 Å². The molecule has 0 spiro atoms. The standard InChI is InChI=1S/C15H13BrN2S/c1-10(14-5-6-15(16)19-14)18-13-4-2-3-11-7-8-17-9-12(11)13/h2-10,18H,1H3. The molecule has 0 fully saturated rings. The molecule has 1 atom stereocenters. The van der Waals surface area contributed by atoms with E-state index in [0.717, 1.165) is 14.9 Å². The van der Waals surface area contributed by atoms with Crippen LogP contribution in [0.5, 0.6) is 0 Å². The summed E-state index contributed by atoms with van der Waals surface area (Å²) in [5, 5.41) is 5.93. The summed E-state index contributed by atoms with van der Waals surface area (Å²) in [5.74, 6) is 0. The summed E-state index contributed by atoms with van der Waals surface area (Å²) in [6, 6.07) is 12.8. The van der Waals surface area contributed by atoms with Crippen molar-refractivity contribution in [1.29, 1.82) is 0 Å². The van der Waals surface area contributed by atoms with Crippen LogP contribution in [-0.4, -0.2) is 4.98 Å². The van der Waals surface area contributed by atoms with Crippen LogP contribution in [0.1, 0.15) is 17.8 Å². The predicted octanol–water partition coefficient (Wildman–Crippen LogP) is 5.23. The Labute approximate surface area is 124 Å². The zero-order chi connectivity index (χ0) is 13.2. The lowest BCUT2D eigenvalue weighted by molar-refractivity contribution is 0.910. The molecule has 0 aliphatic carbocycles. The highest BCUT2D eigenvalue weighted by molar-refractivity contribution is 9.11. The van der Waals surface area contributed by atoms with E-state index in [-0.39, 0.29) is 6.04 Å². The minimum atomic E-state index is 0.280. The van der Waals surface area contributed by atoms with Gasteiger partial charge in [-0.3, -0.25) is 4.98 Å². The van der Waals surface area contributed by atoms with Crippen molar-refractivity contribution in [3.63, 3.8) is 0 Å². The Kier molecular flexibility index (Phi) is 3.53. The molecule has 3 aromatic rings. The van der Waals surface area contributed by atoms with Crippen LogP contribution in [-0.2, 0) is 0 Å². The van der Waals surface area contributed by atoms with Gasteiger partial charge in [-0.1, -0.05) is 12.1 Å². The first kappa shape index (κ1) is 12.6. The molecule has 3 rings (SSSR count). The number of hydrogen-bond donors (Lipinski definition) is 1. The molecule has 19 heavy (non-hydrogen) atoms. The van der Waals surface area contributed by atoms with Crippen molar-refractivity contribution in [1.82, 2.24) is 4.98 Å². The number of hydrogen-bond acceptors (Lipinski definition) is 3. The third-order valence-corrected chi connectivity index (χ3v) is 4.88. The molecule has 0 aliphatic heterocycles. The van der Waals surface area contributed by atoms with Crippen molar-refractivity contribution in [2.75, 3.05) is 5.32 Å². The zero-order valence-electron chi connectivity index (χ0n) is 10.4. The molecule has 2 nitrogen and oxygen atoms in total. The zero-order valence-corrected chi connectivity index (χ0v) is 12.8. The lowest BCUT2D eigenvalue weighted by atomic mass is 10.1. The number of aromatic nitrogens is 1. The summed E-state index contributed by atoms with van der Waals surface area (Å²) >= 11 is 5.27. The van der Waals surface area contributed by atoms with Crippen LogP contribution in [0.15, 0.2) is 52.6 Å². The monoisotopic (exact) mass is 332 g/mol. The van der Waals surface area contributed by atoms with E-state index < -0.39 is 0 Å². The van der Waals surface area contributed by atoms with E-state index in [1.54, 1.807) is 11.3 Å². The summed E-state index contributed by atoms with van der Waals surface area (Å²) in [6.45, 7) is 2.17. The summed E-state index contributed by atoms with van der Waals surface area (Å²) in [5.41, 5.74) is 1.13. The second kappa shape index (κ2) is 5.31. The molecule has 96 valence electrons. The van der Waals surface area contributed by atoms with Crippen LogP contribution in [0.2, 0.25) is 0 Å². The predicted molar refractivity (Wildman–Crippen MR) is 85.8 cm³/mol. The fraction of sp³-hybridized carbons (Fsp3) is 0.133. The van der Waals surface area contributed by atoms with Gasteiger partial charge in [0.1, 0.15) is 0 Å². The molecule has 1 unspecified atom stereocenters. The number of anilines is 1. The van der Waals surface area contributed by atoms with Crippen LogP contribution in [0.3, 0.4) is 0 Å². The van der Waals surface area contributed by atoms with Gasteiger partial charge >= 0.3 is 0 Å². The highest BCUT2D eigenvalue weighted by Gasteiger charge is 2.09.